The lowest BCUT2D eigenvalue weighted by Crippen LogP contribution is -2.27. The maximum atomic E-state index is 11.1. The van der Waals surface area contributed by atoms with E-state index in [0.717, 1.165) is 0 Å². The van der Waals surface area contributed by atoms with Crippen LogP contribution < -0.4 is 0 Å². The Bertz CT molecular complexity index is 152. The number of esters is 1. The predicted octanol–water partition coefficient (Wildman–Crippen LogP) is 1.12. The largest absolute Gasteiger partial charge is 0.466 e. The highest BCUT2D eigenvalue weighted by atomic mass is 16.5. The summed E-state index contributed by atoms with van der Waals surface area (Å²) in [5.74, 6) is -0.824. The molecule has 2 atom stereocenters. The van der Waals surface area contributed by atoms with Crippen molar-refractivity contribution in [3.63, 3.8) is 0 Å². The van der Waals surface area contributed by atoms with Gasteiger partial charge in [0.2, 0.25) is 0 Å². The zero-order valence-electron chi connectivity index (χ0n) is 7.62. The lowest BCUT2D eigenvalue weighted by Gasteiger charge is -2.15. The maximum Gasteiger partial charge on any atom is 0.311 e. The fraction of sp³-hybridized carbons (Fsp3) is 0.667. The Hall–Kier alpha value is -0.830. The van der Waals surface area contributed by atoms with Crippen LogP contribution in [0, 0.1) is 5.92 Å². The molecule has 0 spiro atoms. The average Bonchev–Trinajstić information content (AvgIpc) is 1.99. The van der Waals surface area contributed by atoms with Crippen LogP contribution in [0.25, 0.3) is 0 Å². The molecule has 0 aromatic rings. The minimum Gasteiger partial charge on any atom is -0.466 e. The summed E-state index contributed by atoms with van der Waals surface area (Å²) in [7, 11) is 0. The number of hydrogen-bond acceptors (Lipinski definition) is 3. The Morgan fingerprint density at radius 3 is 2.67 bits per heavy atom. The summed E-state index contributed by atoms with van der Waals surface area (Å²) < 4.78 is 4.77. The van der Waals surface area contributed by atoms with Crippen LogP contribution in [0.3, 0.4) is 0 Å². The quantitative estimate of drug-likeness (QED) is 0.499. The highest BCUT2D eigenvalue weighted by Crippen LogP contribution is 2.11. The summed E-state index contributed by atoms with van der Waals surface area (Å²) in [6.45, 7) is 7.17. The lowest BCUT2D eigenvalue weighted by molar-refractivity contribution is -0.151. The number of aliphatic hydroxyl groups excluding tert-OH is 1. The maximum absolute atomic E-state index is 11.1. The molecule has 0 amide bonds. The SMILES string of the molecule is C=CCC(C(=O)OCC)C(C)O. The molecule has 0 aromatic carbocycles. The number of aliphatic hydroxyl groups is 1. The molecular weight excluding hydrogens is 156 g/mol. The van der Waals surface area contributed by atoms with Crippen LogP contribution in [0.4, 0.5) is 0 Å². The molecule has 0 aliphatic carbocycles. The number of ether oxygens (including phenoxy) is 1. The van der Waals surface area contributed by atoms with Crippen LogP contribution >= 0.6 is 0 Å². The number of carbonyl (C=O) groups excluding carboxylic acids is 1. The van der Waals surface area contributed by atoms with Crippen molar-refractivity contribution in [3.8, 4) is 0 Å². The molecule has 2 unspecified atom stereocenters. The third-order valence-corrected chi connectivity index (χ3v) is 1.59. The smallest absolute Gasteiger partial charge is 0.311 e. The van der Waals surface area contributed by atoms with E-state index in [1.165, 1.54) is 0 Å². The van der Waals surface area contributed by atoms with E-state index < -0.39 is 12.0 Å². The van der Waals surface area contributed by atoms with Crippen molar-refractivity contribution in [2.24, 2.45) is 5.92 Å². The second kappa shape index (κ2) is 5.77. The van der Waals surface area contributed by atoms with Crippen LogP contribution in [0.5, 0.6) is 0 Å². The van der Waals surface area contributed by atoms with Gasteiger partial charge in [-0.05, 0) is 20.3 Å². The van der Waals surface area contributed by atoms with E-state index in [1.807, 2.05) is 0 Å². The Kier molecular flexibility index (Phi) is 5.37. The molecule has 70 valence electrons. The monoisotopic (exact) mass is 172 g/mol. The molecule has 0 aliphatic rings. The highest BCUT2D eigenvalue weighted by Gasteiger charge is 2.22. The number of allylic oxidation sites excluding steroid dienone is 1. The van der Waals surface area contributed by atoms with Gasteiger partial charge in [0.25, 0.3) is 0 Å². The minimum atomic E-state index is -0.679. The van der Waals surface area contributed by atoms with E-state index in [1.54, 1.807) is 19.9 Å². The molecule has 1 N–H and O–H groups in total. The number of carbonyl (C=O) groups is 1. The van der Waals surface area contributed by atoms with Gasteiger partial charge in [-0.25, -0.2) is 0 Å². The molecule has 3 heteroatoms. The first-order chi connectivity index (χ1) is 5.63. The Balaban J connectivity index is 4.08. The fourth-order valence-corrected chi connectivity index (χ4v) is 0.919. The summed E-state index contributed by atoms with van der Waals surface area (Å²) in [5.41, 5.74) is 0. The van der Waals surface area contributed by atoms with Gasteiger partial charge in [-0.3, -0.25) is 4.79 Å². The first kappa shape index (κ1) is 11.2. The standard InChI is InChI=1S/C9H16O3/c1-4-6-8(7(3)10)9(11)12-5-2/h4,7-8,10H,1,5-6H2,2-3H3. The summed E-state index contributed by atoms with van der Waals surface area (Å²) in [6, 6.07) is 0. The number of rotatable bonds is 5. The fourth-order valence-electron chi connectivity index (χ4n) is 0.919. The van der Waals surface area contributed by atoms with Crippen LogP contribution in [0.2, 0.25) is 0 Å². The van der Waals surface area contributed by atoms with Gasteiger partial charge in [0, 0.05) is 0 Å². The van der Waals surface area contributed by atoms with Gasteiger partial charge in [0.1, 0.15) is 0 Å². The number of hydrogen-bond donors (Lipinski definition) is 1. The normalized spacial score (nSPS) is 14.9. The van der Waals surface area contributed by atoms with Gasteiger partial charge in [-0.2, -0.15) is 0 Å². The van der Waals surface area contributed by atoms with Gasteiger partial charge >= 0.3 is 5.97 Å². The van der Waals surface area contributed by atoms with E-state index in [0.29, 0.717) is 13.0 Å². The van der Waals surface area contributed by atoms with E-state index in [9.17, 15) is 9.90 Å². The van der Waals surface area contributed by atoms with Crippen molar-refractivity contribution in [1.82, 2.24) is 0 Å². The Morgan fingerprint density at radius 1 is 1.75 bits per heavy atom. The first-order valence-corrected chi connectivity index (χ1v) is 4.09. The van der Waals surface area contributed by atoms with Crippen LogP contribution in [0.15, 0.2) is 12.7 Å². The molecule has 0 fully saturated rings. The van der Waals surface area contributed by atoms with E-state index in [-0.39, 0.29) is 5.97 Å². The molecule has 0 bridgehead atoms. The van der Waals surface area contributed by atoms with Crippen molar-refractivity contribution in [2.75, 3.05) is 6.61 Å². The van der Waals surface area contributed by atoms with Gasteiger partial charge in [-0.1, -0.05) is 6.08 Å². The molecule has 0 aliphatic heterocycles. The van der Waals surface area contributed by atoms with Gasteiger partial charge in [-0.15, -0.1) is 6.58 Å². The predicted molar refractivity (Wildman–Crippen MR) is 46.6 cm³/mol. The lowest BCUT2D eigenvalue weighted by atomic mass is 10.0. The third-order valence-electron chi connectivity index (χ3n) is 1.59. The van der Waals surface area contributed by atoms with Crippen LogP contribution in [-0.4, -0.2) is 23.8 Å². The second-order valence-electron chi connectivity index (χ2n) is 2.62. The topological polar surface area (TPSA) is 46.5 Å². The zero-order valence-corrected chi connectivity index (χ0v) is 7.62. The van der Waals surface area contributed by atoms with Gasteiger partial charge in [0.05, 0.1) is 18.6 Å². The molecule has 0 heterocycles. The summed E-state index contributed by atoms with van der Waals surface area (Å²) in [6.07, 6.45) is 1.38. The molecule has 0 rings (SSSR count). The molecule has 0 saturated heterocycles. The Labute approximate surface area is 73.0 Å². The van der Waals surface area contributed by atoms with Crippen molar-refractivity contribution < 1.29 is 14.6 Å². The molecule has 3 nitrogen and oxygen atoms in total. The van der Waals surface area contributed by atoms with Gasteiger partial charge in [0.15, 0.2) is 0 Å². The van der Waals surface area contributed by atoms with Crippen molar-refractivity contribution in [2.45, 2.75) is 26.4 Å². The molecular formula is C9H16O3. The average molecular weight is 172 g/mol. The molecule has 12 heavy (non-hydrogen) atoms. The molecule has 0 radical (unpaired) electrons. The molecule has 0 aromatic heterocycles. The van der Waals surface area contributed by atoms with Crippen LogP contribution in [0.1, 0.15) is 20.3 Å². The van der Waals surface area contributed by atoms with E-state index in [4.69, 9.17) is 4.74 Å². The Morgan fingerprint density at radius 2 is 2.33 bits per heavy atom. The molecule has 0 saturated carbocycles. The van der Waals surface area contributed by atoms with Crippen molar-refractivity contribution >= 4 is 5.97 Å². The van der Waals surface area contributed by atoms with Gasteiger partial charge < -0.3 is 9.84 Å². The van der Waals surface area contributed by atoms with Crippen molar-refractivity contribution in [1.29, 1.82) is 0 Å². The first-order valence-electron chi connectivity index (χ1n) is 4.09. The summed E-state index contributed by atoms with van der Waals surface area (Å²) >= 11 is 0. The third kappa shape index (κ3) is 3.53. The minimum absolute atomic E-state index is 0.346. The van der Waals surface area contributed by atoms with Crippen LogP contribution in [-0.2, 0) is 9.53 Å². The summed E-state index contributed by atoms with van der Waals surface area (Å²) in [5, 5.41) is 9.19. The van der Waals surface area contributed by atoms with Crippen molar-refractivity contribution in [3.05, 3.63) is 12.7 Å². The highest BCUT2D eigenvalue weighted by molar-refractivity contribution is 5.73. The zero-order chi connectivity index (χ0) is 9.56. The van der Waals surface area contributed by atoms with E-state index in [2.05, 4.69) is 6.58 Å². The summed E-state index contributed by atoms with van der Waals surface area (Å²) in [4.78, 5) is 11.1. The van der Waals surface area contributed by atoms with E-state index >= 15 is 0 Å². The second-order valence-corrected chi connectivity index (χ2v) is 2.62.